The lowest BCUT2D eigenvalue weighted by Gasteiger charge is -2.12. The van der Waals surface area contributed by atoms with E-state index in [9.17, 15) is 14.9 Å². The maximum Gasteiger partial charge on any atom is 0.340 e. The molecular weight excluding hydrogens is 364 g/mol. The summed E-state index contributed by atoms with van der Waals surface area (Å²) in [4.78, 5) is 22.3. The molecule has 0 unspecified atom stereocenters. The van der Waals surface area contributed by atoms with Crippen molar-refractivity contribution in [2.24, 2.45) is 0 Å². The smallest absolute Gasteiger partial charge is 0.340 e. The third-order valence-corrected chi connectivity index (χ3v) is 3.98. The van der Waals surface area contributed by atoms with E-state index < -0.39 is 10.9 Å². The highest BCUT2D eigenvalue weighted by atomic mass is 35.5. The van der Waals surface area contributed by atoms with E-state index >= 15 is 0 Å². The fourth-order valence-electron chi connectivity index (χ4n) is 2.44. The first-order valence-corrected chi connectivity index (χ1v) is 8.12. The Labute approximate surface area is 153 Å². The number of nitro groups is 1. The molecule has 3 rings (SSSR count). The van der Waals surface area contributed by atoms with Crippen molar-refractivity contribution in [2.75, 3.05) is 18.9 Å². The number of nitro benzene ring substituents is 1. The number of nitrogen functional groups attached to an aromatic ring is 1. The first kappa shape index (κ1) is 17.8. The van der Waals surface area contributed by atoms with Gasteiger partial charge in [0.25, 0.3) is 5.69 Å². The van der Waals surface area contributed by atoms with Gasteiger partial charge in [-0.2, -0.15) is 0 Å². The van der Waals surface area contributed by atoms with Gasteiger partial charge in [-0.3, -0.25) is 10.1 Å². The number of carbonyl (C=O) groups excluding carboxylic acids is 1. The Morgan fingerprint density at radius 2 is 2.04 bits per heavy atom. The highest BCUT2D eigenvalue weighted by Crippen LogP contribution is 2.38. The Bertz CT molecular complexity index is 871. The number of rotatable bonds is 4. The molecule has 2 aromatic carbocycles. The zero-order valence-corrected chi connectivity index (χ0v) is 14.3. The van der Waals surface area contributed by atoms with Crippen LogP contribution in [0.5, 0.6) is 11.5 Å². The molecule has 0 spiro atoms. The number of hydrogen-bond donors (Lipinski definition) is 1. The molecule has 1 aliphatic rings. The number of halogens is 1. The number of carbonyl (C=O) groups is 1. The van der Waals surface area contributed by atoms with E-state index in [4.69, 9.17) is 31.5 Å². The van der Waals surface area contributed by atoms with Gasteiger partial charge in [0.05, 0.1) is 34.4 Å². The van der Waals surface area contributed by atoms with Crippen LogP contribution in [0.2, 0.25) is 5.02 Å². The van der Waals surface area contributed by atoms with Crippen LogP contribution in [-0.2, 0) is 11.3 Å². The summed E-state index contributed by atoms with van der Waals surface area (Å²) < 4.78 is 16.4. The van der Waals surface area contributed by atoms with Gasteiger partial charge < -0.3 is 19.9 Å². The summed E-state index contributed by atoms with van der Waals surface area (Å²) in [6, 6.07) is 6.88. The highest BCUT2D eigenvalue weighted by molar-refractivity contribution is 6.32. The van der Waals surface area contributed by atoms with Crippen LogP contribution in [0.15, 0.2) is 30.3 Å². The quantitative estimate of drug-likeness (QED) is 0.375. The average Bonchev–Trinajstić information content (AvgIpc) is 2.85. The van der Waals surface area contributed by atoms with Crippen LogP contribution in [0.25, 0.3) is 0 Å². The van der Waals surface area contributed by atoms with E-state index in [1.807, 2.05) is 0 Å². The Kier molecular flexibility index (Phi) is 5.13. The zero-order valence-electron chi connectivity index (χ0n) is 13.6. The van der Waals surface area contributed by atoms with Crippen LogP contribution >= 0.6 is 11.6 Å². The summed E-state index contributed by atoms with van der Waals surface area (Å²) in [5.41, 5.74) is 6.14. The molecule has 0 aliphatic carbocycles. The van der Waals surface area contributed by atoms with E-state index in [-0.39, 0.29) is 23.5 Å². The molecule has 0 atom stereocenters. The maximum absolute atomic E-state index is 12.2. The SMILES string of the molecule is Nc1cc([N+](=O)[O-])ccc1C(=O)OCc1cc(Cl)c2c(c1)OCCCO2. The predicted octanol–water partition coefficient (Wildman–Crippen LogP) is 3.35. The summed E-state index contributed by atoms with van der Waals surface area (Å²) in [6.07, 6.45) is 0.745. The molecule has 0 amide bonds. The topological polar surface area (TPSA) is 114 Å². The van der Waals surface area contributed by atoms with Crippen molar-refractivity contribution in [2.45, 2.75) is 13.0 Å². The first-order valence-electron chi connectivity index (χ1n) is 7.75. The number of esters is 1. The lowest BCUT2D eigenvalue weighted by atomic mass is 10.1. The van der Waals surface area contributed by atoms with E-state index in [1.165, 1.54) is 12.1 Å². The van der Waals surface area contributed by atoms with Crippen molar-refractivity contribution in [3.8, 4) is 11.5 Å². The molecule has 0 saturated carbocycles. The number of hydrogen-bond acceptors (Lipinski definition) is 7. The highest BCUT2D eigenvalue weighted by Gasteiger charge is 2.18. The van der Waals surface area contributed by atoms with Gasteiger partial charge in [-0.05, 0) is 23.8 Å². The largest absolute Gasteiger partial charge is 0.489 e. The number of non-ortho nitro benzene ring substituents is 1. The normalized spacial score (nSPS) is 13.0. The van der Waals surface area contributed by atoms with Gasteiger partial charge in [-0.25, -0.2) is 4.79 Å². The molecule has 2 N–H and O–H groups in total. The molecule has 1 aliphatic heterocycles. The minimum atomic E-state index is -0.694. The predicted molar refractivity (Wildman–Crippen MR) is 93.7 cm³/mol. The summed E-state index contributed by atoms with van der Waals surface area (Å²) in [6.45, 7) is 0.956. The Balaban J connectivity index is 1.73. The molecule has 9 heteroatoms. The third kappa shape index (κ3) is 3.80. The van der Waals surface area contributed by atoms with E-state index in [0.29, 0.717) is 35.3 Å². The van der Waals surface area contributed by atoms with Crippen molar-refractivity contribution in [1.82, 2.24) is 0 Å². The molecular formula is C17H15ClN2O6. The molecule has 0 radical (unpaired) electrons. The van der Waals surface area contributed by atoms with E-state index in [2.05, 4.69) is 0 Å². The molecule has 8 nitrogen and oxygen atoms in total. The molecule has 2 aromatic rings. The number of nitrogens with two attached hydrogens (primary N) is 1. The maximum atomic E-state index is 12.2. The average molecular weight is 379 g/mol. The number of fused-ring (bicyclic) bond motifs is 1. The van der Waals surface area contributed by atoms with Gasteiger partial charge in [0, 0.05) is 18.6 Å². The Morgan fingerprint density at radius 3 is 2.77 bits per heavy atom. The first-order chi connectivity index (χ1) is 12.5. The molecule has 26 heavy (non-hydrogen) atoms. The van der Waals surface area contributed by atoms with Crippen LogP contribution in [0.3, 0.4) is 0 Å². The fraction of sp³-hybridized carbons (Fsp3) is 0.235. The minimum absolute atomic E-state index is 0.0269. The second-order valence-corrected chi connectivity index (χ2v) is 5.97. The van der Waals surface area contributed by atoms with E-state index in [1.54, 1.807) is 12.1 Å². The Morgan fingerprint density at radius 1 is 1.27 bits per heavy atom. The fourth-order valence-corrected chi connectivity index (χ4v) is 2.73. The van der Waals surface area contributed by atoms with Crippen molar-refractivity contribution in [3.63, 3.8) is 0 Å². The van der Waals surface area contributed by atoms with Crippen LogP contribution < -0.4 is 15.2 Å². The molecule has 136 valence electrons. The van der Waals surface area contributed by atoms with Gasteiger partial charge in [0.1, 0.15) is 6.61 Å². The minimum Gasteiger partial charge on any atom is -0.489 e. The lowest BCUT2D eigenvalue weighted by molar-refractivity contribution is -0.384. The Hall–Kier alpha value is -3.00. The lowest BCUT2D eigenvalue weighted by Crippen LogP contribution is -2.09. The van der Waals surface area contributed by atoms with Gasteiger partial charge in [0.2, 0.25) is 0 Å². The molecule has 0 bridgehead atoms. The van der Waals surface area contributed by atoms with Crippen molar-refractivity contribution in [1.29, 1.82) is 0 Å². The second kappa shape index (κ2) is 7.49. The van der Waals surface area contributed by atoms with Crippen molar-refractivity contribution >= 4 is 28.9 Å². The van der Waals surface area contributed by atoms with Crippen LogP contribution in [0, 0.1) is 10.1 Å². The zero-order chi connectivity index (χ0) is 18.7. The molecule has 1 heterocycles. The summed E-state index contributed by atoms with van der Waals surface area (Å²) >= 11 is 6.20. The molecule has 0 saturated heterocycles. The van der Waals surface area contributed by atoms with Gasteiger partial charge >= 0.3 is 5.97 Å². The number of anilines is 1. The number of benzene rings is 2. The molecule has 0 aromatic heterocycles. The van der Waals surface area contributed by atoms with Gasteiger partial charge in [0.15, 0.2) is 11.5 Å². The standard InChI is InChI=1S/C17H15ClN2O6/c18-13-6-10(7-15-16(13)25-5-1-4-24-15)9-26-17(21)12-3-2-11(20(22)23)8-14(12)19/h2-3,6-8H,1,4-5,9,19H2. The van der Waals surface area contributed by atoms with E-state index in [0.717, 1.165) is 12.5 Å². The third-order valence-electron chi connectivity index (χ3n) is 3.70. The monoisotopic (exact) mass is 378 g/mol. The summed E-state index contributed by atoms with van der Waals surface area (Å²) in [5.74, 6) is 0.274. The molecule has 0 fully saturated rings. The summed E-state index contributed by atoms with van der Waals surface area (Å²) in [5, 5.41) is 11.1. The number of ether oxygens (including phenoxy) is 3. The van der Waals surface area contributed by atoms with Crippen molar-refractivity contribution in [3.05, 3.63) is 56.6 Å². The number of nitrogens with zero attached hydrogens (tertiary/aromatic N) is 1. The second-order valence-electron chi connectivity index (χ2n) is 5.56. The van der Waals surface area contributed by atoms with Crippen LogP contribution in [-0.4, -0.2) is 24.1 Å². The van der Waals surface area contributed by atoms with Crippen LogP contribution in [0.4, 0.5) is 11.4 Å². The van der Waals surface area contributed by atoms with Gasteiger partial charge in [-0.1, -0.05) is 11.6 Å². The van der Waals surface area contributed by atoms with Crippen LogP contribution in [0.1, 0.15) is 22.3 Å². The van der Waals surface area contributed by atoms with Gasteiger partial charge in [-0.15, -0.1) is 0 Å². The summed E-state index contributed by atoms with van der Waals surface area (Å²) in [7, 11) is 0. The van der Waals surface area contributed by atoms with Crippen molar-refractivity contribution < 1.29 is 23.9 Å².